The van der Waals surface area contributed by atoms with E-state index in [1.54, 1.807) is 12.4 Å². The van der Waals surface area contributed by atoms with Gasteiger partial charge < -0.3 is 10.0 Å². The van der Waals surface area contributed by atoms with E-state index in [4.69, 9.17) is 5.11 Å². The average Bonchev–Trinajstić information content (AvgIpc) is 2.40. The molecular weight excluding hydrogens is 214 g/mol. The second kappa shape index (κ2) is 5.41. The highest BCUT2D eigenvalue weighted by Crippen LogP contribution is 2.11. The van der Waals surface area contributed by atoms with Crippen molar-refractivity contribution in [3.05, 3.63) is 54.0 Å². The number of rotatable bonds is 4. The lowest BCUT2D eigenvalue weighted by Gasteiger charge is -2.17. The van der Waals surface area contributed by atoms with Crippen molar-refractivity contribution in [3.8, 4) is 0 Å². The Kier molecular flexibility index (Phi) is 3.67. The van der Waals surface area contributed by atoms with E-state index in [-0.39, 0.29) is 6.61 Å². The Balaban J connectivity index is 2.06. The highest BCUT2D eigenvalue weighted by atomic mass is 16.3. The molecule has 2 rings (SSSR count). The van der Waals surface area contributed by atoms with Crippen LogP contribution in [0.1, 0.15) is 11.3 Å². The minimum atomic E-state index is -0.0737. The molecule has 88 valence electrons. The molecule has 0 aliphatic heterocycles. The lowest BCUT2D eigenvalue weighted by atomic mass is 10.2. The summed E-state index contributed by atoms with van der Waals surface area (Å²) >= 11 is 0. The summed E-state index contributed by atoms with van der Waals surface area (Å²) in [6.07, 6.45) is 3.27. The van der Waals surface area contributed by atoms with Crippen LogP contribution in [0.3, 0.4) is 0 Å². The summed E-state index contributed by atoms with van der Waals surface area (Å²) in [5.41, 5.74) is 1.81. The van der Waals surface area contributed by atoms with E-state index < -0.39 is 0 Å². The van der Waals surface area contributed by atoms with E-state index in [1.807, 2.05) is 30.1 Å². The van der Waals surface area contributed by atoms with Crippen molar-refractivity contribution in [1.82, 2.24) is 9.97 Å². The van der Waals surface area contributed by atoms with E-state index in [2.05, 4.69) is 22.1 Å². The zero-order valence-corrected chi connectivity index (χ0v) is 9.74. The van der Waals surface area contributed by atoms with Gasteiger partial charge in [-0.15, -0.1) is 0 Å². The Morgan fingerprint density at radius 2 is 1.88 bits per heavy atom. The standard InChI is InChI=1S/C13H15N3O/c1-16(9-11-5-3-2-4-6-11)13-8-14-12(10-17)7-15-13/h2-8,17H,9-10H2,1H3. The molecule has 2 aromatic rings. The molecule has 1 aromatic heterocycles. The fourth-order valence-electron chi connectivity index (χ4n) is 1.57. The van der Waals surface area contributed by atoms with Gasteiger partial charge in [-0.3, -0.25) is 4.98 Å². The first-order valence-electron chi connectivity index (χ1n) is 5.46. The predicted molar refractivity (Wildman–Crippen MR) is 66.5 cm³/mol. The number of nitrogens with zero attached hydrogens (tertiary/aromatic N) is 3. The molecular formula is C13H15N3O. The van der Waals surface area contributed by atoms with Gasteiger partial charge in [0.25, 0.3) is 0 Å². The highest BCUT2D eigenvalue weighted by Gasteiger charge is 2.03. The predicted octanol–water partition coefficient (Wildman–Crippen LogP) is 1.61. The number of hydrogen-bond acceptors (Lipinski definition) is 4. The van der Waals surface area contributed by atoms with Gasteiger partial charge in [0.1, 0.15) is 5.82 Å². The van der Waals surface area contributed by atoms with Crippen LogP contribution in [0.2, 0.25) is 0 Å². The molecule has 0 fully saturated rings. The summed E-state index contributed by atoms with van der Waals surface area (Å²) in [6, 6.07) is 10.2. The van der Waals surface area contributed by atoms with Crippen molar-refractivity contribution in [2.45, 2.75) is 13.2 Å². The molecule has 0 radical (unpaired) electrons. The molecule has 0 saturated carbocycles. The molecule has 0 bridgehead atoms. The van der Waals surface area contributed by atoms with Gasteiger partial charge >= 0.3 is 0 Å². The van der Waals surface area contributed by atoms with Gasteiger partial charge in [0.2, 0.25) is 0 Å². The number of aliphatic hydroxyl groups is 1. The van der Waals surface area contributed by atoms with E-state index in [0.717, 1.165) is 12.4 Å². The van der Waals surface area contributed by atoms with Crippen molar-refractivity contribution < 1.29 is 5.11 Å². The third-order valence-electron chi connectivity index (χ3n) is 2.51. The summed E-state index contributed by atoms with van der Waals surface area (Å²) < 4.78 is 0. The van der Waals surface area contributed by atoms with E-state index in [1.165, 1.54) is 5.56 Å². The number of anilines is 1. The third-order valence-corrected chi connectivity index (χ3v) is 2.51. The highest BCUT2D eigenvalue weighted by molar-refractivity contribution is 5.36. The second-order valence-corrected chi connectivity index (χ2v) is 3.87. The van der Waals surface area contributed by atoms with Crippen LogP contribution in [0.4, 0.5) is 5.82 Å². The van der Waals surface area contributed by atoms with Crippen LogP contribution in [0.5, 0.6) is 0 Å². The van der Waals surface area contributed by atoms with Crippen molar-refractivity contribution in [1.29, 1.82) is 0 Å². The molecule has 0 aliphatic carbocycles. The topological polar surface area (TPSA) is 49.2 Å². The Hall–Kier alpha value is -1.94. The van der Waals surface area contributed by atoms with E-state index >= 15 is 0 Å². The second-order valence-electron chi connectivity index (χ2n) is 3.87. The van der Waals surface area contributed by atoms with Crippen molar-refractivity contribution >= 4 is 5.82 Å². The molecule has 0 aliphatic rings. The monoisotopic (exact) mass is 229 g/mol. The largest absolute Gasteiger partial charge is 0.390 e. The maximum atomic E-state index is 8.89. The number of hydrogen-bond donors (Lipinski definition) is 1. The fraction of sp³-hybridized carbons (Fsp3) is 0.231. The van der Waals surface area contributed by atoms with E-state index in [0.29, 0.717) is 5.69 Å². The molecule has 0 unspecified atom stereocenters. The van der Waals surface area contributed by atoms with Crippen LogP contribution in [-0.2, 0) is 13.2 Å². The van der Waals surface area contributed by atoms with Gasteiger partial charge in [0.15, 0.2) is 0 Å². The van der Waals surface area contributed by atoms with Gasteiger partial charge in [0, 0.05) is 13.6 Å². The number of aromatic nitrogens is 2. The molecule has 1 N–H and O–H groups in total. The molecule has 1 aromatic carbocycles. The van der Waals surface area contributed by atoms with Crippen LogP contribution >= 0.6 is 0 Å². The summed E-state index contributed by atoms with van der Waals surface area (Å²) in [6.45, 7) is 0.712. The Bertz CT molecular complexity index is 456. The Labute approximate surface area is 101 Å². The third kappa shape index (κ3) is 3.01. The van der Waals surface area contributed by atoms with Gasteiger partial charge in [-0.1, -0.05) is 30.3 Å². The van der Waals surface area contributed by atoms with Crippen LogP contribution < -0.4 is 4.90 Å². The van der Waals surface area contributed by atoms with Crippen LogP contribution in [0.25, 0.3) is 0 Å². The zero-order chi connectivity index (χ0) is 12.1. The maximum absolute atomic E-state index is 8.89. The molecule has 1 heterocycles. The molecule has 0 atom stereocenters. The molecule has 0 spiro atoms. The lowest BCUT2D eigenvalue weighted by Crippen LogP contribution is -2.18. The molecule has 4 nitrogen and oxygen atoms in total. The smallest absolute Gasteiger partial charge is 0.147 e. The normalized spacial score (nSPS) is 10.2. The number of aliphatic hydroxyl groups excluding tert-OH is 1. The van der Waals surface area contributed by atoms with Gasteiger partial charge in [0.05, 0.1) is 24.7 Å². The van der Waals surface area contributed by atoms with Crippen molar-refractivity contribution in [2.24, 2.45) is 0 Å². The average molecular weight is 229 g/mol. The molecule has 0 saturated heterocycles. The molecule has 0 amide bonds. The molecule has 17 heavy (non-hydrogen) atoms. The first kappa shape index (κ1) is 11.5. The minimum Gasteiger partial charge on any atom is -0.390 e. The lowest BCUT2D eigenvalue weighted by molar-refractivity contribution is 0.276. The van der Waals surface area contributed by atoms with Gasteiger partial charge in [-0.05, 0) is 5.56 Å². The molecule has 4 heteroatoms. The fourth-order valence-corrected chi connectivity index (χ4v) is 1.57. The first-order chi connectivity index (χ1) is 8.29. The SMILES string of the molecule is CN(Cc1ccccc1)c1cnc(CO)cn1. The van der Waals surface area contributed by atoms with E-state index in [9.17, 15) is 0 Å². The summed E-state index contributed by atoms with van der Waals surface area (Å²) in [4.78, 5) is 10.4. The Morgan fingerprint density at radius 1 is 1.12 bits per heavy atom. The van der Waals surface area contributed by atoms with Crippen LogP contribution in [0, 0.1) is 0 Å². The first-order valence-corrected chi connectivity index (χ1v) is 5.46. The van der Waals surface area contributed by atoms with Crippen LogP contribution in [-0.4, -0.2) is 22.1 Å². The van der Waals surface area contributed by atoms with Gasteiger partial charge in [-0.25, -0.2) is 4.98 Å². The van der Waals surface area contributed by atoms with Crippen molar-refractivity contribution in [2.75, 3.05) is 11.9 Å². The van der Waals surface area contributed by atoms with Crippen LogP contribution in [0.15, 0.2) is 42.7 Å². The van der Waals surface area contributed by atoms with Gasteiger partial charge in [-0.2, -0.15) is 0 Å². The summed E-state index contributed by atoms with van der Waals surface area (Å²) in [5.74, 6) is 0.797. The summed E-state index contributed by atoms with van der Waals surface area (Å²) in [5, 5.41) is 8.89. The minimum absolute atomic E-state index is 0.0737. The maximum Gasteiger partial charge on any atom is 0.147 e. The van der Waals surface area contributed by atoms with Crippen molar-refractivity contribution in [3.63, 3.8) is 0 Å². The zero-order valence-electron chi connectivity index (χ0n) is 9.74. The quantitative estimate of drug-likeness (QED) is 0.865. The Morgan fingerprint density at radius 3 is 2.47 bits per heavy atom. The summed E-state index contributed by atoms with van der Waals surface area (Å²) in [7, 11) is 1.97. The number of benzene rings is 1.